The average molecular weight is 404 g/mol. The highest BCUT2D eigenvalue weighted by Gasteiger charge is 2.43. The Balaban J connectivity index is 1.47. The number of fused-ring (bicyclic) bond motifs is 2. The van der Waals surface area contributed by atoms with Gasteiger partial charge in [0.1, 0.15) is 6.61 Å². The van der Waals surface area contributed by atoms with Crippen molar-refractivity contribution in [3.05, 3.63) is 39.3 Å². The number of aliphatic hydroxyl groups excluding tert-OH is 1. The molecule has 0 aliphatic carbocycles. The number of hydrogen-bond acceptors (Lipinski definition) is 6. The molecule has 2 amide bonds. The van der Waals surface area contributed by atoms with Crippen LogP contribution in [-0.4, -0.2) is 57.9 Å². The number of rotatable bonds is 4. The number of likely N-dealkylation sites (tertiary alicyclic amines) is 1. The van der Waals surface area contributed by atoms with Gasteiger partial charge in [-0.15, -0.1) is 11.3 Å². The fraction of sp³-hybridized carbons (Fsp3) is 0.526. The van der Waals surface area contributed by atoms with Crippen LogP contribution in [0, 0.1) is 0 Å². The lowest BCUT2D eigenvalue weighted by molar-refractivity contribution is -0.143. The standard InChI is InChI=1S/C19H24N4O4S/c1-22-11-13(10-21-22)9-20-18(26)16-8-14-15(28-16)2-7-27-19(14)3-5-23(6-4-19)17(25)12-24/h8,10-11,24H,2-7,9,12H2,1H3,(H,20,26). The van der Waals surface area contributed by atoms with Gasteiger partial charge in [-0.25, -0.2) is 0 Å². The van der Waals surface area contributed by atoms with Crippen LogP contribution >= 0.6 is 11.3 Å². The monoisotopic (exact) mass is 404 g/mol. The van der Waals surface area contributed by atoms with Gasteiger partial charge in [-0.05, 0) is 24.5 Å². The molecule has 28 heavy (non-hydrogen) atoms. The van der Waals surface area contributed by atoms with Gasteiger partial charge in [-0.2, -0.15) is 5.10 Å². The molecule has 1 saturated heterocycles. The van der Waals surface area contributed by atoms with Gasteiger partial charge in [-0.1, -0.05) is 0 Å². The zero-order valence-electron chi connectivity index (χ0n) is 15.8. The molecule has 4 rings (SSSR count). The third kappa shape index (κ3) is 3.57. The van der Waals surface area contributed by atoms with Crippen LogP contribution < -0.4 is 5.32 Å². The van der Waals surface area contributed by atoms with E-state index in [9.17, 15) is 9.59 Å². The fourth-order valence-electron chi connectivity index (χ4n) is 3.99. The van der Waals surface area contributed by atoms with Crippen molar-refractivity contribution in [1.82, 2.24) is 20.0 Å². The first kappa shape index (κ1) is 19.1. The molecule has 2 aromatic heterocycles. The summed E-state index contributed by atoms with van der Waals surface area (Å²) in [6, 6.07) is 1.96. The molecule has 2 aromatic rings. The summed E-state index contributed by atoms with van der Waals surface area (Å²) in [5.74, 6) is -0.335. The number of piperidine rings is 1. The second-order valence-electron chi connectivity index (χ2n) is 7.28. The highest BCUT2D eigenvalue weighted by Crippen LogP contribution is 2.44. The third-order valence-electron chi connectivity index (χ3n) is 5.50. The molecule has 0 radical (unpaired) electrons. The number of ether oxygens (including phenoxy) is 1. The number of carbonyl (C=O) groups is 2. The maximum Gasteiger partial charge on any atom is 0.261 e. The Bertz CT molecular complexity index is 882. The zero-order chi connectivity index (χ0) is 19.7. The van der Waals surface area contributed by atoms with Crippen LogP contribution in [0.3, 0.4) is 0 Å². The molecule has 1 spiro atoms. The predicted octanol–water partition coefficient (Wildman–Crippen LogP) is 0.794. The fourth-order valence-corrected chi connectivity index (χ4v) is 5.14. The number of amides is 2. The highest BCUT2D eigenvalue weighted by atomic mass is 32.1. The Hall–Kier alpha value is -2.23. The van der Waals surface area contributed by atoms with Crippen molar-refractivity contribution < 1.29 is 19.4 Å². The molecule has 2 aliphatic heterocycles. The SMILES string of the molecule is Cn1cc(CNC(=O)c2cc3c(s2)CCOC32CCN(C(=O)CO)CC2)cn1. The number of carbonyl (C=O) groups excluding carboxylic acids is 2. The quantitative estimate of drug-likeness (QED) is 0.786. The van der Waals surface area contributed by atoms with Crippen LogP contribution in [0.5, 0.6) is 0 Å². The van der Waals surface area contributed by atoms with E-state index in [-0.39, 0.29) is 11.8 Å². The summed E-state index contributed by atoms with van der Waals surface area (Å²) >= 11 is 1.53. The van der Waals surface area contributed by atoms with Crippen LogP contribution in [0.4, 0.5) is 0 Å². The van der Waals surface area contributed by atoms with Crippen molar-refractivity contribution in [2.45, 2.75) is 31.4 Å². The lowest BCUT2D eigenvalue weighted by Crippen LogP contribution is -2.48. The van der Waals surface area contributed by atoms with Gasteiger partial charge in [0.15, 0.2) is 0 Å². The molecule has 150 valence electrons. The van der Waals surface area contributed by atoms with Gasteiger partial charge in [0.05, 0.1) is 23.3 Å². The van der Waals surface area contributed by atoms with E-state index < -0.39 is 12.2 Å². The molecule has 0 aromatic carbocycles. The van der Waals surface area contributed by atoms with Crippen LogP contribution in [0.15, 0.2) is 18.5 Å². The van der Waals surface area contributed by atoms with E-state index in [1.807, 2.05) is 19.3 Å². The Labute approximate surface area is 167 Å². The Morgan fingerprint density at radius 1 is 1.39 bits per heavy atom. The summed E-state index contributed by atoms with van der Waals surface area (Å²) in [7, 11) is 1.84. The van der Waals surface area contributed by atoms with Gasteiger partial charge < -0.3 is 20.1 Å². The number of aromatic nitrogens is 2. The Morgan fingerprint density at radius 2 is 2.18 bits per heavy atom. The first-order valence-electron chi connectivity index (χ1n) is 9.42. The van der Waals surface area contributed by atoms with Gasteiger partial charge in [0.25, 0.3) is 5.91 Å². The molecule has 0 bridgehead atoms. The number of aryl methyl sites for hydroxylation is 1. The van der Waals surface area contributed by atoms with Crippen molar-refractivity contribution in [2.75, 3.05) is 26.3 Å². The van der Waals surface area contributed by atoms with Crippen molar-refractivity contribution in [1.29, 1.82) is 0 Å². The topological polar surface area (TPSA) is 96.7 Å². The molecule has 2 N–H and O–H groups in total. The predicted molar refractivity (Wildman–Crippen MR) is 103 cm³/mol. The van der Waals surface area contributed by atoms with Gasteiger partial charge >= 0.3 is 0 Å². The Morgan fingerprint density at radius 3 is 2.86 bits per heavy atom. The van der Waals surface area contributed by atoms with Gasteiger partial charge in [0, 0.05) is 49.7 Å². The molecule has 0 unspecified atom stereocenters. The number of nitrogens with zero attached hydrogens (tertiary/aromatic N) is 3. The van der Waals surface area contributed by atoms with E-state index >= 15 is 0 Å². The van der Waals surface area contributed by atoms with Gasteiger partial charge in [-0.3, -0.25) is 14.3 Å². The summed E-state index contributed by atoms with van der Waals surface area (Å²) < 4.78 is 7.89. The van der Waals surface area contributed by atoms with E-state index in [1.54, 1.807) is 15.8 Å². The molecule has 8 nitrogen and oxygen atoms in total. The minimum absolute atomic E-state index is 0.0914. The summed E-state index contributed by atoms with van der Waals surface area (Å²) in [6.07, 6.45) is 5.78. The lowest BCUT2D eigenvalue weighted by atomic mass is 9.82. The normalized spacial score (nSPS) is 18.1. The maximum atomic E-state index is 12.6. The second-order valence-corrected chi connectivity index (χ2v) is 8.42. The van der Waals surface area contributed by atoms with E-state index in [4.69, 9.17) is 9.84 Å². The van der Waals surface area contributed by atoms with E-state index in [2.05, 4.69) is 10.4 Å². The molecular weight excluding hydrogens is 380 g/mol. The number of aliphatic hydroxyl groups is 1. The largest absolute Gasteiger partial charge is 0.387 e. The zero-order valence-corrected chi connectivity index (χ0v) is 16.6. The van der Waals surface area contributed by atoms with E-state index in [0.717, 1.165) is 17.5 Å². The third-order valence-corrected chi connectivity index (χ3v) is 6.70. The number of hydrogen-bond donors (Lipinski definition) is 2. The van der Waals surface area contributed by atoms with Gasteiger partial charge in [0.2, 0.25) is 5.91 Å². The summed E-state index contributed by atoms with van der Waals surface area (Å²) in [5, 5.41) is 16.1. The first-order chi connectivity index (χ1) is 13.5. The smallest absolute Gasteiger partial charge is 0.261 e. The van der Waals surface area contributed by atoms with E-state index in [0.29, 0.717) is 44.0 Å². The minimum Gasteiger partial charge on any atom is -0.387 e. The molecule has 2 aliphatic rings. The number of nitrogens with one attached hydrogen (secondary N) is 1. The highest BCUT2D eigenvalue weighted by molar-refractivity contribution is 7.14. The summed E-state index contributed by atoms with van der Waals surface area (Å²) in [6.45, 7) is 1.71. The molecule has 1 fully saturated rings. The number of thiophene rings is 1. The van der Waals surface area contributed by atoms with Crippen molar-refractivity contribution in [2.24, 2.45) is 7.05 Å². The second kappa shape index (κ2) is 7.65. The van der Waals surface area contributed by atoms with Crippen LogP contribution in [0.1, 0.15) is 38.5 Å². The van der Waals surface area contributed by atoms with Crippen LogP contribution in [0.25, 0.3) is 0 Å². The Kier molecular flexibility index (Phi) is 5.22. The van der Waals surface area contributed by atoms with Crippen molar-refractivity contribution >= 4 is 23.2 Å². The van der Waals surface area contributed by atoms with Crippen molar-refractivity contribution in [3.63, 3.8) is 0 Å². The van der Waals surface area contributed by atoms with Crippen LogP contribution in [0.2, 0.25) is 0 Å². The minimum atomic E-state index is -0.460. The molecule has 0 saturated carbocycles. The van der Waals surface area contributed by atoms with E-state index in [1.165, 1.54) is 16.2 Å². The molecule has 0 atom stereocenters. The van der Waals surface area contributed by atoms with Crippen LogP contribution in [-0.2, 0) is 35.1 Å². The summed E-state index contributed by atoms with van der Waals surface area (Å²) in [4.78, 5) is 27.9. The molecule has 9 heteroatoms. The molecular formula is C19H24N4O4S. The van der Waals surface area contributed by atoms with Crippen molar-refractivity contribution in [3.8, 4) is 0 Å². The average Bonchev–Trinajstić information content (AvgIpc) is 3.33. The lowest BCUT2D eigenvalue weighted by Gasteiger charge is -2.43. The maximum absolute atomic E-state index is 12.6. The molecule has 4 heterocycles. The summed E-state index contributed by atoms with van der Waals surface area (Å²) in [5.41, 5.74) is 1.61. The first-order valence-corrected chi connectivity index (χ1v) is 10.2.